The summed E-state index contributed by atoms with van der Waals surface area (Å²) in [5.41, 5.74) is 1.17. The van der Waals surface area contributed by atoms with Crippen molar-refractivity contribution in [1.29, 1.82) is 0 Å². The maximum absolute atomic E-state index is 10.7. The summed E-state index contributed by atoms with van der Waals surface area (Å²) in [5.74, 6) is -0.713. The van der Waals surface area contributed by atoms with E-state index in [1.165, 1.54) is 10.4 Å². The number of aliphatic carboxylic acids is 1. The van der Waals surface area contributed by atoms with E-state index in [2.05, 4.69) is 0 Å². The van der Waals surface area contributed by atoms with Crippen LogP contribution in [0.2, 0.25) is 0 Å². The second-order valence-electron chi connectivity index (χ2n) is 3.48. The molecule has 3 nitrogen and oxygen atoms in total. The maximum Gasteiger partial charge on any atom is 0.304 e. The van der Waals surface area contributed by atoms with E-state index in [4.69, 9.17) is 9.84 Å². The summed E-state index contributed by atoms with van der Waals surface area (Å²) in [6.45, 7) is 0. The number of fused-ring (bicyclic) bond motifs is 1. The summed E-state index contributed by atoms with van der Waals surface area (Å²) in [7, 11) is 1.65. The van der Waals surface area contributed by atoms with E-state index in [1.807, 2.05) is 11.4 Å². The summed E-state index contributed by atoms with van der Waals surface area (Å²) in [6, 6.07) is 2.02. The van der Waals surface area contributed by atoms with Gasteiger partial charge in [-0.2, -0.15) is 0 Å². The van der Waals surface area contributed by atoms with Crippen molar-refractivity contribution in [3.05, 3.63) is 21.9 Å². The third-order valence-electron chi connectivity index (χ3n) is 2.71. The van der Waals surface area contributed by atoms with Crippen LogP contribution < -0.4 is 0 Å². The number of carbonyl (C=O) groups is 1. The first kappa shape index (κ1) is 9.68. The number of thiophene rings is 1. The Kier molecular flexibility index (Phi) is 2.56. The molecule has 1 aliphatic carbocycles. The Hall–Kier alpha value is -0.870. The number of hydrogen-bond acceptors (Lipinski definition) is 3. The fourth-order valence-electron chi connectivity index (χ4n) is 2.05. The molecule has 4 heteroatoms. The average Bonchev–Trinajstić information content (AvgIpc) is 2.67. The highest BCUT2D eigenvalue weighted by molar-refractivity contribution is 7.10. The topological polar surface area (TPSA) is 46.5 Å². The van der Waals surface area contributed by atoms with Crippen LogP contribution in [0.5, 0.6) is 0 Å². The summed E-state index contributed by atoms with van der Waals surface area (Å²) >= 11 is 1.69. The number of ether oxygens (including phenoxy) is 1. The Balaban J connectivity index is 2.23. The highest BCUT2D eigenvalue weighted by Crippen LogP contribution is 2.40. The first-order chi connectivity index (χ1) is 6.72. The van der Waals surface area contributed by atoms with Gasteiger partial charge >= 0.3 is 5.97 Å². The molecule has 2 unspecified atom stereocenters. The van der Waals surface area contributed by atoms with Crippen LogP contribution in [0.25, 0.3) is 0 Å². The molecule has 1 N–H and O–H groups in total. The zero-order valence-electron chi connectivity index (χ0n) is 7.90. The predicted octanol–water partition coefficient (Wildman–Crippen LogP) is 1.88. The molecule has 0 bridgehead atoms. The average molecular weight is 212 g/mol. The highest BCUT2D eigenvalue weighted by atomic mass is 32.1. The number of methoxy groups -OCH3 is 1. The van der Waals surface area contributed by atoms with Crippen LogP contribution in [-0.4, -0.2) is 24.3 Å². The second kappa shape index (κ2) is 3.71. The molecular weight excluding hydrogens is 200 g/mol. The molecule has 1 aliphatic rings. The molecule has 0 amide bonds. The summed E-state index contributed by atoms with van der Waals surface area (Å²) in [6.07, 6.45) is 1.08. The van der Waals surface area contributed by atoms with Crippen molar-refractivity contribution in [1.82, 2.24) is 0 Å². The Morgan fingerprint density at radius 2 is 2.57 bits per heavy atom. The zero-order valence-corrected chi connectivity index (χ0v) is 8.71. The molecule has 76 valence electrons. The van der Waals surface area contributed by atoms with Crippen molar-refractivity contribution in [2.45, 2.75) is 24.9 Å². The molecule has 14 heavy (non-hydrogen) atoms. The lowest BCUT2D eigenvalue weighted by Crippen LogP contribution is -2.19. The molecule has 1 aromatic rings. The Bertz CT molecular complexity index is 345. The molecule has 0 spiro atoms. The minimum atomic E-state index is -0.754. The van der Waals surface area contributed by atoms with Crippen molar-refractivity contribution in [2.24, 2.45) is 0 Å². The normalized spacial score (nSPS) is 24.9. The molecule has 0 fully saturated rings. The largest absolute Gasteiger partial charge is 0.481 e. The van der Waals surface area contributed by atoms with Crippen LogP contribution in [0.1, 0.15) is 22.8 Å². The lowest BCUT2D eigenvalue weighted by Gasteiger charge is -2.16. The van der Waals surface area contributed by atoms with Gasteiger partial charge in [0.1, 0.15) is 0 Å². The minimum absolute atomic E-state index is 0.0405. The van der Waals surface area contributed by atoms with Crippen LogP contribution in [-0.2, 0) is 16.0 Å². The van der Waals surface area contributed by atoms with Crippen molar-refractivity contribution in [3.63, 3.8) is 0 Å². The van der Waals surface area contributed by atoms with E-state index in [-0.39, 0.29) is 18.4 Å². The monoisotopic (exact) mass is 212 g/mol. The third-order valence-corrected chi connectivity index (χ3v) is 3.67. The Morgan fingerprint density at radius 3 is 3.21 bits per heavy atom. The number of hydrogen-bond donors (Lipinski definition) is 1. The SMILES string of the molecule is COC1Cc2sccc2C1CC(=O)O. The summed E-state index contributed by atoms with van der Waals surface area (Å²) < 4.78 is 5.31. The molecule has 0 aliphatic heterocycles. The quantitative estimate of drug-likeness (QED) is 0.832. The lowest BCUT2D eigenvalue weighted by atomic mass is 9.98. The van der Waals surface area contributed by atoms with Crippen LogP contribution >= 0.6 is 11.3 Å². The molecule has 0 aromatic carbocycles. The van der Waals surface area contributed by atoms with E-state index >= 15 is 0 Å². The smallest absolute Gasteiger partial charge is 0.304 e. The summed E-state index contributed by atoms with van der Waals surface area (Å²) in [4.78, 5) is 12.0. The van der Waals surface area contributed by atoms with Gasteiger partial charge < -0.3 is 9.84 Å². The third kappa shape index (κ3) is 1.55. The van der Waals surface area contributed by atoms with Crippen LogP contribution in [0.3, 0.4) is 0 Å². The van der Waals surface area contributed by atoms with E-state index in [1.54, 1.807) is 18.4 Å². The van der Waals surface area contributed by atoms with Gasteiger partial charge in [-0.25, -0.2) is 0 Å². The standard InChI is InChI=1S/C10H12O3S/c1-13-8-5-9-6(2-3-14-9)7(8)4-10(11)12/h2-3,7-8H,4-5H2,1H3,(H,11,12). The van der Waals surface area contributed by atoms with Crippen molar-refractivity contribution in [2.75, 3.05) is 7.11 Å². The van der Waals surface area contributed by atoms with Gasteiger partial charge in [0.05, 0.1) is 12.5 Å². The van der Waals surface area contributed by atoms with E-state index in [9.17, 15) is 4.79 Å². The summed E-state index contributed by atoms with van der Waals surface area (Å²) in [5, 5.41) is 10.8. The second-order valence-corrected chi connectivity index (χ2v) is 4.48. The van der Waals surface area contributed by atoms with Crippen LogP contribution in [0.4, 0.5) is 0 Å². The predicted molar refractivity (Wildman–Crippen MR) is 53.8 cm³/mol. The maximum atomic E-state index is 10.7. The van der Waals surface area contributed by atoms with Gasteiger partial charge in [0.15, 0.2) is 0 Å². The number of carboxylic acids is 1. The van der Waals surface area contributed by atoms with Crippen molar-refractivity contribution in [3.8, 4) is 0 Å². The van der Waals surface area contributed by atoms with Crippen molar-refractivity contribution >= 4 is 17.3 Å². The highest BCUT2D eigenvalue weighted by Gasteiger charge is 2.34. The molecule has 1 aromatic heterocycles. The lowest BCUT2D eigenvalue weighted by molar-refractivity contribution is -0.138. The number of carboxylic acid groups (broad SMARTS) is 1. The molecule has 2 rings (SSSR count). The molecule has 1 heterocycles. The molecule has 0 saturated carbocycles. The van der Waals surface area contributed by atoms with Gasteiger partial charge in [-0.05, 0) is 17.0 Å². The molecule has 0 radical (unpaired) electrons. The minimum Gasteiger partial charge on any atom is -0.481 e. The van der Waals surface area contributed by atoms with E-state index in [0.717, 1.165) is 6.42 Å². The van der Waals surface area contributed by atoms with Gasteiger partial charge in [-0.15, -0.1) is 11.3 Å². The van der Waals surface area contributed by atoms with Gasteiger partial charge in [0.2, 0.25) is 0 Å². The number of rotatable bonds is 3. The van der Waals surface area contributed by atoms with E-state index in [0.29, 0.717) is 0 Å². The Morgan fingerprint density at radius 1 is 1.79 bits per heavy atom. The zero-order chi connectivity index (χ0) is 10.1. The first-order valence-electron chi connectivity index (χ1n) is 4.53. The molecule has 0 saturated heterocycles. The van der Waals surface area contributed by atoms with E-state index < -0.39 is 5.97 Å². The molecular formula is C10H12O3S. The van der Waals surface area contributed by atoms with Gasteiger partial charge in [-0.1, -0.05) is 0 Å². The molecule has 2 atom stereocenters. The fourth-order valence-corrected chi connectivity index (χ4v) is 3.04. The Labute approximate surface area is 86.3 Å². The van der Waals surface area contributed by atoms with Crippen LogP contribution in [0, 0.1) is 0 Å². The van der Waals surface area contributed by atoms with Crippen LogP contribution in [0.15, 0.2) is 11.4 Å². The fraction of sp³-hybridized carbons (Fsp3) is 0.500. The van der Waals surface area contributed by atoms with Gasteiger partial charge in [-0.3, -0.25) is 4.79 Å². The van der Waals surface area contributed by atoms with Crippen molar-refractivity contribution < 1.29 is 14.6 Å². The first-order valence-corrected chi connectivity index (χ1v) is 5.41. The van der Waals surface area contributed by atoms with Gasteiger partial charge in [0, 0.05) is 24.3 Å². The van der Waals surface area contributed by atoms with Gasteiger partial charge in [0.25, 0.3) is 0 Å².